The van der Waals surface area contributed by atoms with Gasteiger partial charge in [0.05, 0.1) is 11.6 Å². The average Bonchev–Trinajstić information content (AvgIpc) is 3.30. The van der Waals surface area contributed by atoms with E-state index in [9.17, 15) is 4.79 Å². The molecule has 0 radical (unpaired) electrons. The summed E-state index contributed by atoms with van der Waals surface area (Å²) in [5.74, 6) is 1.71. The van der Waals surface area contributed by atoms with Crippen LogP contribution in [-0.4, -0.2) is 46.1 Å². The maximum atomic E-state index is 11.0. The predicted molar refractivity (Wildman–Crippen MR) is 134 cm³/mol. The van der Waals surface area contributed by atoms with Crippen LogP contribution in [0, 0.1) is 11.3 Å². The molecule has 0 aliphatic carbocycles. The number of aromatic nitrogens is 2. The molecular formula is C26H25N7O2. The molecular weight excluding hydrogens is 442 g/mol. The van der Waals surface area contributed by atoms with Gasteiger partial charge in [-0.05, 0) is 42.7 Å². The van der Waals surface area contributed by atoms with E-state index in [0.717, 1.165) is 30.0 Å². The molecule has 1 aromatic heterocycles. The summed E-state index contributed by atoms with van der Waals surface area (Å²) in [5.41, 5.74) is 14.2. The van der Waals surface area contributed by atoms with E-state index in [-0.39, 0.29) is 0 Å². The van der Waals surface area contributed by atoms with Crippen molar-refractivity contribution in [1.82, 2.24) is 14.9 Å². The van der Waals surface area contributed by atoms with Gasteiger partial charge in [-0.15, -0.1) is 0 Å². The molecule has 0 bridgehead atoms. The van der Waals surface area contributed by atoms with E-state index in [1.54, 1.807) is 0 Å². The SMILES string of the molecule is N#C/C(=C\C(N)=O)CCN1CCC(=Nc2ncnc(N)c2-c2ccc(Oc3ccccc3)cc2)C1. The molecule has 9 heteroatoms. The van der Waals surface area contributed by atoms with Crippen molar-refractivity contribution < 1.29 is 9.53 Å². The predicted octanol–water partition coefficient (Wildman–Crippen LogP) is 3.62. The summed E-state index contributed by atoms with van der Waals surface area (Å²) in [7, 11) is 0. The van der Waals surface area contributed by atoms with E-state index in [4.69, 9.17) is 26.5 Å². The highest BCUT2D eigenvalue weighted by Crippen LogP contribution is 2.34. The van der Waals surface area contributed by atoms with Gasteiger partial charge in [-0.25, -0.2) is 15.0 Å². The summed E-state index contributed by atoms with van der Waals surface area (Å²) in [6.07, 6.45) is 3.81. The first kappa shape index (κ1) is 23.6. The molecule has 35 heavy (non-hydrogen) atoms. The Morgan fingerprint density at radius 2 is 1.89 bits per heavy atom. The van der Waals surface area contributed by atoms with Gasteiger partial charge in [-0.1, -0.05) is 30.3 Å². The highest BCUT2D eigenvalue weighted by Gasteiger charge is 2.20. The quantitative estimate of drug-likeness (QED) is 0.380. The number of benzene rings is 2. The highest BCUT2D eigenvalue weighted by molar-refractivity contribution is 5.93. The third kappa shape index (κ3) is 6.28. The van der Waals surface area contributed by atoms with Crippen LogP contribution in [0.1, 0.15) is 12.8 Å². The van der Waals surface area contributed by atoms with Crippen molar-refractivity contribution in [2.75, 3.05) is 25.4 Å². The van der Waals surface area contributed by atoms with Crippen molar-refractivity contribution in [1.29, 1.82) is 5.26 Å². The fourth-order valence-corrected chi connectivity index (χ4v) is 3.81. The minimum absolute atomic E-state index is 0.348. The number of rotatable bonds is 8. The maximum absolute atomic E-state index is 11.0. The first-order valence-corrected chi connectivity index (χ1v) is 11.1. The molecule has 0 atom stereocenters. The number of hydrogen-bond donors (Lipinski definition) is 2. The number of para-hydroxylation sites is 1. The Morgan fingerprint density at radius 3 is 2.60 bits per heavy atom. The lowest BCUT2D eigenvalue weighted by Gasteiger charge is -2.13. The Morgan fingerprint density at radius 1 is 1.14 bits per heavy atom. The summed E-state index contributed by atoms with van der Waals surface area (Å²) in [6, 6.07) is 19.1. The van der Waals surface area contributed by atoms with Gasteiger partial charge in [0.2, 0.25) is 5.91 Å². The number of hydrogen-bond acceptors (Lipinski definition) is 8. The lowest BCUT2D eigenvalue weighted by molar-refractivity contribution is -0.113. The largest absolute Gasteiger partial charge is 0.457 e. The van der Waals surface area contributed by atoms with Crippen LogP contribution in [-0.2, 0) is 4.79 Å². The number of nitrogens with two attached hydrogens (primary N) is 2. The molecule has 4 N–H and O–H groups in total. The number of nitriles is 1. The normalized spacial score (nSPS) is 15.2. The van der Waals surface area contributed by atoms with E-state index in [1.807, 2.05) is 60.7 Å². The maximum Gasteiger partial charge on any atom is 0.242 e. The first-order valence-electron chi connectivity index (χ1n) is 11.1. The lowest BCUT2D eigenvalue weighted by Crippen LogP contribution is -2.22. The van der Waals surface area contributed by atoms with E-state index in [1.165, 1.54) is 12.4 Å². The summed E-state index contributed by atoms with van der Waals surface area (Å²) < 4.78 is 5.87. The van der Waals surface area contributed by atoms with Gasteiger partial charge in [-0.2, -0.15) is 5.26 Å². The molecule has 9 nitrogen and oxygen atoms in total. The number of aliphatic imine (C=N–C) groups is 1. The van der Waals surface area contributed by atoms with Crippen LogP contribution in [0.25, 0.3) is 11.1 Å². The number of likely N-dealkylation sites (tertiary alicyclic amines) is 1. The smallest absolute Gasteiger partial charge is 0.242 e. The van der Waals surface area contributed by atoms with E-state index < -0.39 is 5.91 Å². The van der Waals surface area contributed by atoms with Crippen LogP contribution < -0.4 is 16.2 Å². The van der Waals surface area contributed by atoms with Crippen LogP contribution in [0.15, 0.2) is 77.6 Å². The van der Waals surface area contributed by atoms with Gasteiger partial charge >= 0.3 is 0 Å². The minimum atomic E-state index is -0.612. The number of ether oxygens (including phenoxy) is 1. The number of carbonyl (C=O) groups is 1. The van der Waals surface area contributed by atoms with Crippen LogP contribution in [0.5, 0.6) is 11.5 Å². The van der Waals surface area contributed by atoms with Crippen molar-refractivity contribution in [3.05, 3.63) is 72.6 Å². The van der Waals surface area contributed by atoms with Crippen LogP contribution in [0.2, 0.25) is 0 Å². The number of amides is 1. The number of anilines is 1. The zero-order valence-electron chi connectivity index (χ0n) is 19.1. The minimum Gasteiger partial charge on any atom is -0.457 e. The van der Waals surface area contributed by atoms with Gasteiger partial charge < -0.3 is 16.2 Å². The molecule has 1 amide bonds. The van der Waals surface area contributed by atoms with Gasteiger partial charge in [0.25, 0.3) is 0 Å². The summed E-state index contributed by atoms with van der Waals surface area (Å²) in [5, 5.41) is 9.15. The Bertz CT molecular complexity index is 1300. The Hall–Kier alpha value is -4.55. The molecule has 0 saturated carbocycles. The average molecular weight is 468 g/mol. The molecule has 4 rings (SSSR count). The monoisotopic (exact) mass is 467 g/mol. The van der Waals surface area contributed by atoms with Crippen molar-refractivity contribution >= 4 is 23.3 Å². The van der Waals surface area contributed by atoms with Crippen molar-refractivity contribution in [2.24, 2.45) is 10.7 Å². The molecule has 176 valence electrons. The fourth-order valence-electron chi connectivity index (χ4n) is 3.81. The van der Waals surface area contributed by atoms with Crippen molar-refractivity contribution in [2.45, 2.75) is 12.8 Å². The number of primary amides is 1. The van der Waals surface area contributed by atoms with Gasteiger partial charge in [0.15, 0.2) is 5.82 Å². The zero-order chi connectivity index (χ0) is 24.6. The molecule has 0 spiro atoms. The first-order chi connectivity index (χ1) is 17.0. The van der Waals surface area contributed by atoms with Crippen LogP contribution >= 0.6 is 0 Å². The molecule has 1 fully saturated rings. The lowest BCUT2D eigenvalue weighted by atomic mass is 10.1. The Kier molecular flexibility index (Phi) is 7.45. The van der Waals surface area contributed by atoms with Gasteiger partial charge in [-0.3, -0.25) is 9.69 Å². The van der Waals surface area contributed by atoms with E-state index in [2.05, 4.69) is 14.9 Å². The molecule has 0 unspecified atom stereocenters. The van der Waals surface area contributed by atoms with Gasteiger partial charge in [0, 0.05) is 37.0 Å². The number of nitrogen functional groups attached to an aromatic ring is 1. The Balaban J connectivity index is 1.48. The van der Waals surface area contributed by atoms with E-state index >= 15 is 0 Å². The zero-order valence-corrected chi connectivity index (χ0v) is 19.1. The van der Waals surface area contributed by atoms with Crippen molar-refractivity contribution in [3.8, 4) is 28.7 Å². The van der Waals surface area contributed by atoms with Crippen molar-refractivity contribution in [3.63, 3.8) is 0 Å². The van der Waals surface area contributed by atoms with Gasteiger partial charge in [0.1, 0.15) is 23.6 Å². The van der Waals surface area contributed by atoms with Crippen LogP contribution in [0.4, 0.5) is 11.6 Å². The summed E-state index contributed by atoms with van der Waals surface area (Å²) >= 11 is 0. The second-order valence-corrected chi connectivity index (χ2v) is 8.03. The number of carbonyl (C=O) groups excluding carboxylic acids is 1. The molecule has 3 aromatic rings. The molecule has 1 saturated heterocycles. The molecule has 2 heterocycles. The second kappa shape index (κ2) is 11.0. The molecule has 1 aliphatic heterocycles. The highest BCUT2D eigenvalue weighted by atomic mass is 16.5. The summed E-state index contributed by atoms with van der Waals surface area (Å²) in [6.45, 7) is 2.07. The van der Waals surface area contributed by atoms with Crippen LogP contribution in [0.3, 0.4) is 0 Å². The second-order valence-electron chi connectivity index (χ2n) is 8.03. The van der Waals surface area contributed by atoms with E-state index in [0.29, 0.717) is 48.0 Å². The Labute approximate surface area is 203 Å². The number of nitrogens with zero attached hydrogens (tertiary/aromatic N) is 5. The summed E-state index contributed by atoms with van der Waals surface area (Å²) in [4.78, 5) is 26.5. The standard InChI is InChI=1S/C26H25N7O2/c27-15-18(14-23(28)34)10-12-33-13-11-20(16-33)32-26-24(25(29)30-17-31-26)19-6-8-22(9-7-19)35-21-4-2-1-3-5-21/h1-9,14,17H,10-13,16H2,(H2,28,34)(H2,29,30,31)/b18-14-,32-20?. The molecule has 2 aromatic carbocycles. The third-order valence-corrected chi connectivity index (χ3v) is 5.52. The fraction of sp³-hybridized carbons (Fsp3) is 0.192. The topological polar surface area (TPSA) is 144 Å². The third-order valence-electron chi connectivity index (χ3n) is 5.52. The molecule has 1 aliphatic rings.